The fraction of sp³-hybridized carbons (Fsp3) is 0.667. The van der Waals surface area contributed by atoms with Crippen molar-refractivity contribution in [2.24, 2.45) is 5.92 Å². The van der Waals surface area contributed by atoms with Crippen LogP contribution in [0.1, 0.15) is 60.0 Å². The van der Waals surface area contributed by atoms with E-state index < -0.39 is 0 Å². The van der Waals surface area contributed by atoms with Crippen LogP contribution in [0.4, 0.5) is 5.69 Å². The molecular formula is C15H24N2OS. The van der Waals surface area contributed by atoms with Gasteiger partial charge in [-0.05, 0) is 38.2 Å². The van der Waals surface area contributed by atoms with E-state index in [0.29, 0.717) is 12.0 Å². The number of nitrogens with one attached hydrogen (secondary N) is 1. The summed E-state index contributed by atoms with van der Waals surface area (Å²) in [6.45, 7) is 4.11. The smallest absolute Gasteiger partial charge is 0.261 e. The number of aryl methyl sites for hydroxylation is 1. The van der Waals surface area contributed by atoms with E-state index in [1.807, 2.05) is 6.92 Å². The molecule has 2 rings (SSSR count). The first-order chi connectivity index (χ1) is 9.11. The van der Waals surface area contributed by atoms with Crippen molar-refractivity contribution in [2.45, 2.75) is 58.4 Å². The molecule has 1 saturated carbocycles. The summed E-state index contributed by atoms with van der Waals surface area (Å²) in [7, 11) is 0. The summed E-state index contributed by atoms with van der Waals surface area (Å²) in [5, 5.41) is 3.21. The highest BCUT2D eigenvalue weighted by Crippen LogP contribution is 2.29. The first-order valence-electron chi connectivity index (χ1n) is 7.28. The molecule has 0 spiro atoms. The van der Waals surface area contributed by atoms with Crippen molar-refractivity contribution in [3.63, 3.8) is 0 Å². The number of hydrogen-bond acceptors (Lipinski definition) is 3. The molecule has 1 aliphatic carbocycles. The average molecular weight is 280 g/mol. The van der Waals surface area contributed by atoms with Crippen molar-refractivity contribution < 1.29 is 4.79 Å². The van der Waals surface area contributed by atoms with Gasteiger partial charge in [0.15, 0.2) is 0 Å². The Labute approximate surface area is 119 Å². The van der Waals surface area contributed by atoms with E-state index in [1.165, 1.54) is 43.4 Å². The number of carbonyl (C=O) groups is 1. The van der Waals surface area contributed by atoms with Gasteiger partial charge in [-0.2, -0.15) is 0 Å². The van der Waals surface area contributed by atoms with Crippen LogP contribution in [0.15, 0.2) is 6.07 Å². The van der Waals surface area contributed by atoms with E-state index in [9.17, 15) is 4.79 Å². The predicted molar refractivity (Wildman–Crippen MR) is 81.6 cm³/mol. The zero-order valence-electron chi connectivity index (χ0n) is 11.9. The van der Waals surface area contributed by atoms with Crippen LogP contribution >= 0.6 is 11.3 Å². The Bertz CT molecular complexity index is 416. The molecule has 0 aliphatic heterocycles. The molecular weight excluding hydrogens is 256 g/mol. The molecule has 0 radical (unpaired) electrons. The maximum atomic E-state index is 12.3. The summed E-state index contributed by atoms with van der Waals surface area (Å²) < 4.78 is 0. The van der Waals surface area contributed by atoms with Gasteiger partial charge in [0.2, 0.25) is 0 Å². The van der Waals surface area contributed by atoms with Gasteiger partial charge in [0.1, 0.15) is 0 Å². The van der Waals surface area contributed by atoms with E-state index in [2.05, 4.69) is 12.2 Å². The predicted octanol–water partition coefficient (Wildman–Crippen LogP) is 3.73. The van der Waals surface area contributed by atoms with E-state index in [4.69, 9.17) is 5.73 Å². The average Bonchev–Trinajstić information content (AvgIpc) is 2.77. The zero-order chi connectivity index (χ0) is 13.8. The number of amides is 1. The monoisotopic (exact) mass is 280 g/mol. The fourth-order valence-electron chi connectivity index (χ4n) is 2.94. The van der Waals surface area contributed by atoms with E-state index in [-0.39, 0.29) is 5.91 Å². The molecule has 19 heavy (non-hydrogen) atoms. The van der Waals surface area contributed by atoms with Crippen LogP contribution in [0.25, 0.3) is 0 Å². The minimum Gasteiger partial charge on any atom is -0.398 e. The van der Waals surface area contributed by atoms with Crippen LogP contribution in [-0.2, 0) is 0 Å². The molecule has 106 valence electrons. The van der Waals surface area contributed by atoms with Gasteiger partial charge in [0, 0.05) is 16.6 Å². The summed E-state index contributed by atoms with van der Waals surface area (Å²) in [5.41, 5.74) is 6.54. The third-order valence-corrected chi connectivity index (χ3v) is 5.22. The van der Waals surface area contributed by atoms with Gasteiger partial charge in [0.05, 0.1) is 4.88 Å². The molecule has 1 atom stereocenters. The second kappa shape index (κ2) is 6.42. The lowest BCUT2D eigenvalue weighted by Gasteiger charge is -2.30. The van der Waals surface area contributed by atoms with Gasteiger partial charge in [0.25, 0.3) is 5.91 Å². The topological polar surface area (TPSA) is 55.1 Å². The lowest BCUT2D eigenvalue weighted by Crippen LogP contribution is -2.40. The minimum atomic E-state index is 0.0437. The molecule has 3 N–H and O–H groups in total. The van der Waals surface area contributed by atoms with E-state index in [1.54, 1.807) is 6.07 Å². The third-order valence-electron chi connectivity index (χ3n) is 4.16. The number of carbonyl (C=O) groups excluding carboxylic acids is 1. The summed E-state index contributed by atoms with van der Waals surface area (Å²) in [6.07, 6.45) is 7.48. The molecule has 0 aromatic carbocycles. The fourth-order valence-corrected chi connectivity index (χ4v) is 3.78. The molecule has 4 heteroatoms. The summed E-state index contributed by atoms with van der Waals surface area (Å²) in [5.74, 6) is 0.698. The molecule has 1 unspecified atom stereocenters. The summed E-state index contributed by atoms with van der Waals surface area (Å²) >= 11 is 1.48. The maximum Gasteiger partial charge on any atom is 0.261 e. The molecule has 1 aromatic heterocycles. The highest BCUT2D eigenvalue weighted by atomic mass is 32.1. The Hall–Kier alpha value is -1.03. The van der Waals surface area contributed by atoms with Crippen LogP contribution in [0.3, 0.4) is 0 Å². The van der Waals surface area contributed by atoms with Gasteiger partial charge in [-0.25, -0.2) is 0 Å². The zero-order valence-corrected chi connectivity index (χ0v) is 12.7. The quantitative estimate of drug-likeness (QED) is 0.883. The lowest BCUT2D eigenvalue weighted by atomic mass is 9.83. The first-order valence-corrected chi connectivity index (χ1v) is 8.10. The molecule has 0 bridgehead atoms. The number of nitrogen functional groups attached to an aromatic ring is 1. The highest BCUT2D eigenvalue weighted by Gasteiger charge is 2.24. The SMILES string of the molecule is CCC(NC(=O)c1cc(N)c(C)s1)C1CCCCC1. The third kappa shape index (κ3) is 3.50. The second-order valence-electron chi connectivity index (χ2n) is 5.51. The van der Waals surface area contributed by atoms with Gasteiger partial charge in [-0.3, -0.25) is 4.79 Å². The van der Waals surface area contributed by atoms with Crippen LogP contribution in [0.2, 0.25) is 0 Å². The Balaban J connectivity index is 1.99. The maximum absolute atomic E-state index is 12.3. The Morgan fingerprint density at radius 3 is 2.68 bits per heavy atom. The standard InChI is InChI=1S/C15H24N2OS/c1-3-13(11-7-5-4-6-8-11)17-15(18)14-9-12(16)10(2)19-14/h9,11,13H,3-8,16H2,1-2H3,(H,17,18). The van der Waals surface area contributed by atoms with Gasteiger partial charge < -0.3 is 11.1 Å². The number of rotatable bonds is 4. The van der Waals surface area contributed by atoms with Crippen LogP contribution in [-0.4, -0.2) is 11.9 Å². The molecule has 1 aliphatic rings. The Morgan fingerprint density at radius 2 is 2.16 bits per heavy atom. The number of anilines is 1. The van der Waals surface area contributed by atoms with Crippen LogP contribution < -0.4 is 11.1 Å². The number of thiophene rings is 1. The van der Waals surface area contributed by atoms with Crippen LogP contribution in [0, 0.1) is 12.8 Å². The van der Waals surface area contributed by atoms with Crippen molar-refractivity contribution in [1.29, 1.82) is 0 Å². The van der Waals surface area contributed by atoms with Crippen LogP contribution in [0.5, 0.6) is 0 Å². The Kier molecular flexibility index (Phi) is 4.86. The first kappa shape index (κ1) is 14.4. The molecule has 1 fully saturated rings. The normalized spacial score (nSPS) is 18.2. The molecule has 3 nitrogen and oxygen atoms in total. The Morgan fingerprint density at radius 1 is 1.47 bits per heavy atom. The van der Waals surface area contributed by atoms with Gasteiger partial charge in [-0.15, -0.1) is 11.3 Å². The highest BCUT2D eigenvalue weighted by molar-refractivity contribution is 7.14. The van der Waals surface area contributed by atoms with E-state index >= 15 is 0 Å². The van der Waals surface area contributed by atoms with Crippen molar-refractivity contribution in [3.05, 3.63) is 15.8 Å². The lowest BCUT2D eigenvalue weighted by molar-refractivity contribution is 0.0915. The summed E-state index contributed by atoms with van der Waals surface area (Å²) in [4.78, 5) is 14.0. The van der Waals surface area contributed by atoms with Crippen molar-refractivity contribution in [1.82, 2.24) is 5.32 Å². The number of hydrogen-bond donors (Lipinski definition) is 2. The molecule has 0 saturated heterocycles. The molecule has 1 heterocycles. The van der Waals surface area contributed by atoms with Gasteiger partial charge in [-0.1, -0.05) is 26.2 Å². The molecule has 1 aromatic rings. The minimum absolute atomic E-state index is 0.0437. The second-order valence-corrected chi connectivity index (χ2v) is 6.76. The van der Waals surface area contributed by atoms with E-state index in [0.717, 1.165) is 21.9 Å². The largest absolute Gasteiger partial charge is 0.398 e. The van der Waals surface area contributed by atoms with Crippen molar-refractivity contribution in [3.8, 4) is 0 Å². The number of nitrogens with two attached hydrogens (primary N) is 1. The van der Waals surface area contributed by atoms with Gasteiger partial charge >= 0.3 is 0 Å². The van der Waals surface area contributed by atoms with Crippen molar-refractivity contribution in [2.75, 3.05) is 5.73 Å². The molecule has 1 amide bonds. The van der Waals surface area contributed by atoms with Crippen molar-refractivity contribution >= 4 is 22.9 Å². The summed E-state index contributed by atoms with van der Waals surface area (Å²) in [6, 6.07) is 2.11.